The minimum atomic E-state index is 0.0915. The van der Waals surface area contributed by atoms with Gasteiger partial charge < -0.3 is 9.64 Å². The Balaban J connectivity index is 1.88. The van der Waals surface area contributed by atoms with Crippen LogP contribution in [0.3, 0.4) is 0 Å². The molecule has 0 saturated carbocycles. The number of carbonyl (C=O) groups excluding carboxylic acids is 1. The molecule has 0 fully saturated rings. The van der Waals surface area contributed by atoms with Crippen LogP contribution in [-0.2, 0) is 17.8 Å². The maximum Gasteiger partial charge on any atom is 0.228 e. The second-order valence-electron chi connectivity index (χ2n) is 4.92. The van der Waals surface area contributed by atoms with E-state index >= 15 is 0 Å². The Bertz CT molecular complexity index is 593. The normalized spacial score (nSPS) is 10.4. The summed E-state index contributed by atoms with van der Waals surface area (Å²) in [5, 5.41) is 2.81. The van der Waals surface area contributed by atoms with Gasteiger partial charge in [0.1, 0.15) is 17.4 Å². The first-order valence-electron chi connectivity index (χ1n) is 6.95. The van der Waals surface area contributed by atoms with Gasteiger partial charge in [-0.15, -0.1) is 11.3 Å². The van der Waals surface area contributed by atoms with E-state index in [0.717, 1.165) is 16.5 Å². The number of likely N-dealkylation sites (N-methyl/N-ethyl adjacent to an activating group) is 1. The topological polar surface area (TPSA) is 42.4 Å². The predicted molar refractivity (Wildman–Crippen MR) is 84.6 cm³/mol. The molecule has 0 bridgehead atoms. The Labute approximate surface area is 129 Å². The van der Waals surface area contributed by atoms with Crippen LogP contribution in [0.5, 0.6) is 5.75 Å². The van der Waals surface area contributed by atoms with Crippen molar-refractivity contribution in [3.8, 4) is 5.75 Å². The van der Waals surface area contributed by atoms with Crippen molar-refractivity contribution in [3.63, 3.8) is 0 Å². The molecule has 21 heavy (non-hydrogen) atoms. The van der Waals surface area contributed by atoms with Crippen molar-refractivity contribution >= 4 is 17.2 Å². The number of carbonyl (C=O) groups is 1. The van der Waals surface area contributed by atoms with E-state index in [9.17, 15) is 4.79 Å². The van der Waals surface area contributed by atoms with Crippen molar-refractivity contribution in [2.24, 2.45) is 0 Å². The number of hydrogen-bond acceptors (Lipinski definition) is 4. The lowest BCUT2D eigenvalue weighted by molar-refractivity contribution is -0.129. The lowest BCUT2D eigenvalue weighted by Crippen LogP contribution is -2.27. The highest BCUT2D eigenvalue weighted by Gasteiger charge is 2.11. The number of aryl methyl sites for hydroxylation is 1. The Hall–Kier alpha value is -1.88. The maximum atomic E-state index is 11.8. The number of ether oxygens (including phenoxy) is 1. The molecular weight excluding hydrogens is 284 g/mol. The van der Waals surface area contributed by atoms with Gasteiger partial charge in [0.15, 0.2) is 0 Å². The molecule has 0 aliphatic heterocycles. The van der Waals surface area contributed by atoms with Gasteiger partial charge in [-0.1, -0.05) is 17.7 Å². The third-order valence-electron chi connectivity index (χ3n) is 3.22. The second-order valence-corrected chi connectivity index (χ2v) is 5.86. The average Bonchev–Trinajstić information content (AvgIpc) is 2.93. The molecule has 112 valence electrons. The first-order chi connectivity index (χ1) is 10.1. The van der Waals surface area contributed by atoms with Gasteiger partial charge in [-0.05, 0) is 26.0 Å². The highest BCUT2D eigenvalue weighted by Crippen LogP contribution is 2.16. The largest absolute Gasteiger partial charge is 0.486 e. The Kier molecular flexibility index (Phi) is 5.33. The number of rotatable bonds is 6. The molecule has 0 radical (unpaired) electrons. The van der Waals surface area contributed by atoms with E-state index in [1.54, 1.807) is 11.9 Å². The van der Waals surface area contributed by atoms with Crippen molar-refractivity contribution in [2.75, 3.05) is 13.6 Å². The fourth-order valence-corrected chi connectivity index (χ4v) is 2.45. The van der Waals surface area contributed by atoms with Crippen LogP contribution in [0.4, 0.5) is 0 Å². The number of thiazole rings is 1. The van der Waals surface area contributed by atoms with Gasteiger partial charge in [0.25, 0.3) is 0 Å². The standard InChI is InChI=1S/C16H20N2O2S/c1-4-18(3)16(19)9-13-11-21-15(17-13)10-20-14-7-5-12(2)6-8-14/h5-8,11H,4,9-10H2,1-3H3. The number of benzene rings is 1. The zero-order chi connectivity index (χ0) is 15.2. The monoisotopic (exact) mass is 304 g/mol. The Morgan fingerprint density at radius 3 is 2.71 bits per heavy atom. The van der Waals surface area contributed by atoms with Crippen LogP contribution in [0, 0.1) is 6.92 Å². The van der Waals surface area contributed by atoms with Crippen molar-refractivity contribution < 1.29 is 9.53 Å². The van der Waals surface area contributed by atoms with E-state index in [2.05, 4.69) is 4.98 Å². The Morgan fingerprint density at radius 1 is 1.33 bits per heavy atom. The first kappa shape index (κ1) is 15.5. The van der Waals surface area contributed by atoms with Gasteiger partial charge in [0.05, 0.1) is 12.1 Å². The fraction of sp³-hybridized carbons (Fsp3) is 0.375. The molecule has 4 nitrogen and oxygen atoms in total. The summed E-state index contributed by atoms with van der Waals surface area (Å²) >= 11 is 1.53. The molecule has 2 aromatic rings. The summed E-state index contributed by atoms with van der Waals surface area (Å²) < 4.78 is 5.69. The van der Waals surface area contributed by atoms with Gasteiger partial charge in [-0.25, -0.2) is 4.98 Å². The SMILES string of the molecule is CCN(C)C(=O)Cc1csc(COc2ccc(C)cc2)n1. The summed E-state index contributed by atoms with van der Waals surface area (Å²) in [5.41, 5.74) is 2.02. The summed E-state index contributed by atoms with van der Waals surface area (Å²) in [7, 11) is 1.80. The zero-order valence-electron chi connectivity index (χ0n) is 12.6. The summed E-state index contributed by atoms with van der Waals surface area (Å²) in [5.74, 6) is 0.924. The molecule has 0 unspecified atom stereocenters. The van der Waals surface area contributed by atoms with E-state index in [1.165, 1.54) is 16.9 Å². The van der Waals surface area contributed by atoms with Crippen LogP contribution >= 0.6 is 11.3 Å². The van der Waals surface area contributed by atoms with Crippen LogP contribution in [-0.4, -0.2) is 29.4 Å². The smallest absolute Gasteiger partial charge is 0.228 e. The summed E-state index contributed by atoms with van der Waals surface area (Å²) in [6.07, 6.45) is 0.353. The third kappa shape index (κ3) is 4.56. The zero-order valence-corrected chi connectivity index (χ0v) is 13.4. The van der Waals surface area contributed by atoms with E-state index in [4.69, 9.17) is 4.74 Å². The van der Waals surface area contributed by atoms with Gasteiger partial charge in [-0.3, -0.25) is 4.79 Å². The van der Waals surface area contributed by atoms with Gasteiger partial charge in [0, 0.05) is 19.0 Å². The summed E-state index contributed by atoms with van der Waals surface area (Å²) in [4.78, 5) is 18.0. The van der Waals surface area contributed by atoms with Crippen molar-refractivity contribution in [3.05, 3.63) is 45.9 Å². The van der Waals surface area contributed by atoms with Gasteiger partial charge in [0.2, 0.25) is 5.91 Å². The van der Waals surface area contributed by atoms with E-state index in [0.29, 0.717) is 19.6 Å². The molecule has 0 N–H and O–H groups in total. The van der Waals surface area contributed by atoms with Crippen LogP contribution in [0.2, 0.25) is 0 Å². The number of hydrogen-bond donors (Lipinski definition) is 0. The molecule has 1 aromatic carbocycles. The number of nitrogens with zero attached hydrogens (tertiary/aromatic N) is 2. The summed E-state index contributed by atoms with van der Waals surface area (Å²) in [6, 6.07) is 7.93. The highest BCUT2D eigenvalue weighted by atomic mass is 32.1. The fourth-order valence-electron chi connectivity index (χ4n) is 1.74. The van der Waals surface area contributed by atoms with E-state index in [-0.39, 0.29) is 5.91 Å². The second kappa shape index (κ2) is 7.22. The third-order valence-corrected chi connectivity index (χ3v) is 4.09. The minimum Gasteiger partial charge on any atom is -0.486 e. The van der Waals surface area contributed by atoms with Crippen LogP contribution in [0.1, 0.15) is 23.2 Å². The molecule has 2 rings (SSSR count). The molecule has 0 saturated heterocycles. The van der Waals surface area contributed by atoms with Crippen LogP contribution < -0.4 is 4.74 Å². The van der Waals surface area contributed by atoms with Gasteiger partial charge >= 0.3 is 0 Å². The first-order valence-corrected chi connectivity index (χ1v) is 7.83. The Morgan fingerprint density at radius 2 is 2.05 bits per heavy atom. The number of aromatic nitrogens is 1. The van der Waals surface area contributed by atoms with Crippen LogP contribution in [0.15, 0.2) is 29.6 Å². The van der Waals surface area contributed by atoms with Crippen molar-refractivity contribution in [1.29, 1.82) is 0 Å². The maximum absolute atomic E-state index is 11.8. The molecule has 1 aromatic heterocycles. The van der Waals surface area contributed by atoms with E-state index in [1.807, 2.05) is 43.5 Å². The lowest BCUT2D eigenvalue weighted by Gasteiger charge is -2.12. The molecule has 1 heterocycles. The van der Waals surface area contributed by atoms with Crippen molar-refractivity contribution in [1.82, 2.24) is 9.88 Å². The molecule has 0 aliphatic rings. The van der Waals surface area contributed by atoms with Crippen LogP contribution in [0.25, 0.3) is 0 Å². The van der Waals surface area contributed by atoms with Gasteiger partial charge in [-0.2, -0.15) is 0 Å². The lowest BCUT2D eigenvalue weighted by atomic mass is 10.2. The van der Waals surface area contributed by atoms with E-state index < -0.39 is 0 Å². The molecule has 0 spiro atoms. The molecular formula is C16H20N2O2S. The summed E-state index contributed by atoms with van der Waals surface area (Å²) in [6.45, 7) is 5.15. The predicted octanol–water partition coefficient (Wildman–Crippen LogP) is 3.05. The molecule has 5 heteroatoms. The molecule has 1 amide bonds. The average molecular weight is 304 g/mol. The quantitative estimate of drug-likeness (QED) is 0.824. The number of amides is 1. The van der Waals surface area contributed by atoms with Crippen molar-refractivity contribution in [2.45, 2.75) is 26.9 Å². The highest BCUT2D eigenvalue weighted by molar-refractivity contribution is 7.09. The minimum absolute atomic E-state index is 0.0915. The molecule has 0 aliphatic carbocycles. The molecule has 0 atom stereocenters.